The van der Waals surface area contributed by atoms with Crippen LogP contribution in [0.15, 0.2) is 18.2 Å². The minimum absolute atomic E-state index is 0.198. The van der Waals surface area contributed by atoms with Gasteiger partial charge < -0.3 is 24.8 Å². The summed E-state index contributed by atoms with van der Waals surface area (Å²) in [4.78, 5) is 41.6. The van der Waals surface area contributed by atoms with Crippen molar-refractivity contribution in [3.8, 4) is 0 Å². The van der Waals surface area contributed by atoms with Gasteiger partial charge in [0.25, 0.3) is 0 Å². The monoisotopic (exact) mass is 464 g/mol. The molecule has 2 N–H and O–H groups in total. The summed E-state index contributed by atoms with van der Waals surface area (Å²) in [6.07, 6.45) is 1.03. The van der Waals surface area contributed by atoms with E-state index in [1.165, 1.54) is 4.90 Å². The standard InChI is InChI=1S/C23H29ClN2O6/c1-4-13(11-27)26-19(20(28)25-18-12(3)7-6-8-14(18)24)23-10-9-15(32-23)16(17(23)21(26)29)22(30)31-5-2/h6-8,13,15-17,19,27H,4-5,9-11H2,1-3H3,(H,25,28)/t13-,15+,16-,17-,19?,23?/m0/s1. The van der Waals surface area contributed by atoms with Crippen molar-refractivity contribution in [2.24, 2.45) is 11.8 Å². The molecule has 174 valence electrons. The number of nitrogens with one attached hydrogen (secondary N) is 1. The van der Waals surface area contributed by atoms with Crippen LogP contribution in [0.3, 0.4) is 0 Å². The molecule has 1 aromatic carbocycles. The lowest BCUT2D eigenvalue weighted by Crippen LogP contribution is -2.56. The van der Waals surface area contributed by atoms with Gasteiger partial charge in [-0.3, -0.25) is 14.4 Å². The van der Waals surface area contributed by atoms with E-state index in [1.54, 1.807) is 19.1 Å². The number of nitrogens with zero attached hydrogens (tertiary/aromatic N) is 1. The lowest BCUT2D eigenvalue weighted by Gasteiger charge is -2.36. The number of ether oxygens (including phenoxy) is 2. The maximum atomic E-state index is 13.7. The van der Waals surface area contributed by atoms with Crippen LogP contribution in [-0.4, -0.2) is 64.8 Å². The molecule has 3 heterocycles. The average Bonchev–Trinajstić information content (AvgIpc) is 3.40. The van der Waals surface area contributed by atoms with E-state index in [2.05, 4.69) is 5.32 Å². The second-order valence-corrected chi connectivity index (χ2v) is 9.13. The number of halogens is 1. The Morgan fingerprint density at radius 2 is 2.16 bits per heavy atom. The minimum atomic E-state index is -1.14. The quantitative estimate of drug-likeness (QED) is 0.600. The summed E-state index contributed by atoms with van der Waals surface area (Å²) in [5.74, 6) is -2.83. The average molecular weight is 465 g/mol. The Balaban J connectivity index is 1.76. The molecule has 3 fully saturated rings. The van der Waals surface area contributed by atoms with Crippen molar-refractivity contribution < 1.29 is 29.0 Å². The fourth-order valence-electron chi connectivity index (χ4n) is 5.69. The number of anilines is 1. The highest BCUT2D eigenvalue weighted by Gasteiger charge is 2.75. The van der Waals surface area contributed by atoms with Crippen LogP contribution in [-0.2, 0) is 23.9 Å². The number of fused-ring (bicyclic) bond motifs is 1. The third-order valence-corrected chi connectivity index (χ3v) is 7.41. The maximum absolute atomic E-state index is 13.7. The number of rotatable bonds is 7. The van der Waals surface area contributed by atoms with Gasteiger partial charge in [0.2, 0.25) is 11.8 Å². The molecule has 1 spiro atoms. The first kappa shape index (κ1) is 23.0. The Hall–Kier alpha value is -2.16. The number of likely N-dealkylation sites (tertiary alicyclic amines) is 1. The zero-order chi connectivity index (χ0) is 23.2. The Morgan fingerprint density at radius 3 is 2.78 bits per heavy atom. The van der Waals surface area contributed by atoms with Gasteiger partial charge in [0.15, 0.2) is 0 Å². The summed E-state index contributed by atoms with van der Waals surface area (Å²) in [6.45, 7) is 5.29. The number of aliphatic hydroxyl groups excluding tert-OH is 1. The van der Waals surface area contributed by atoms with E-state index in [9.17, 15) is 19.5 Å². The topological polar surface area (TPSA) is 105 Å². The van der Waals surface area contributed by atoms with E-state index in [0.29, 0.717) is 30.0 Å². The van der Waals surface area contributed by atoms with Crippen LogP contribution < -0.4 is 5.32 Å². The Kier molecular flexibility index (Phi) is 6.22. The number of hydrogen-bond acceptors (Lipinski definition) is 6. The van der Waals surface area contributed by atoms with Gasteiger partial charge in [0.05, 0.1) is 47.9 Å². The lowest BCUT2D eigenvalue weighted by molar-refractivity contribution is -0.155. The smallest absolute Gasteiger partial charge is 0.312 e. The number of aliphatic hydroxyl groups is 1. The number of carbonyl (C=O) groups excluding carboxylic acids is 3. The summed E-state index contributed by atoms with van der Waals surface area (Å²) in [5.41, 5.74) is 0.116. The van der Waals surface area contributed by atoms with Crippen molar-refractivity contribution in [1.82, 2.24) is 4.90 Å². The lowest BCUT2D eigenvalue weighted by atomic mass is 9.70. The molecule has 0 saturated carbocycles. The van der Waals surface area contributed by atoms with Crippen molar-refractivity contribution in [3.63, 3.8) is 0 Å². The number of amides is 2. The van der Waals surface area contributed by atoms with Crippen molar-refractivity contribution >= 4 is 35.1 Å². The molecule has 3 saturated heterocycles. The zero-order valence-electron chi connectivity index (χ0n) is 18.5. The van der Waals surface area contributed by atoms with Crippen molar-refractivity contribution in [2.45, 2.75) is 63.8 Å². The highest BCUT2D eigenvalue weighted by molar-refractivity contribution is 6.34. The molecule has 3 aliphatic heterocycles. The molecule has 2 bridgehead atoms. The Morgan fingerprint density at radius 1 is 1.41 bits per heavy atom. The summed E-state index contributed by atoms with van der Waals surface area (Å²) in [5, 5.41) is 13.3. The molecular weight excluding hydrogens is 436 g/mol. The van der Waals surface area contributed by atoms with Crippen LogP contribution in [0.25, 0.3) is 0 Å². The van der Waals surface area contributed by atoms with Gasteiger partial charge in [-0.1, -0.05) is 30.7 Å². The number of para-hydroxylation sites is 1. The molecule has 0 aliphatic carbocycles. The second kappa shape index (κ2) is 8.65. The van der Waals surface area contributed by atoms with Crippen LogP contribution in [0.5, 0.6) is 0 Å². The molecular formula is C23H29ClN2O6. The van der Waals surface area contributed by atoms with Gasteiger partial charge in [0.1, 0.15) is 11.6 Å². The number of benzene rings is 1. The SMILES string of the molecule is CCOC(=O)[C@@H]1[C@H]2C(=O)N([C@@H](CC)CO)C(C(=O)Nc3c(C)cccc3Cl)C23CC[C@H]1O3. The molecule has 2 unspecified atom stereocenters. The molecule has 8 nitrogen and oxygen atoms in total. The summed E-state index contributed by atoms with van der Waals surface area (Å²) < 4.78 is 11.5. The van der Waals surface area contributed by atoms with Crippen molar-refractivity contribution in [1.29, 1.82) is 0 Å². The first-order chi connectivity index (χ1) is 15.3. The van der Waals surface area contributed by atoms with Crippen molar-refractivity contribution in [2.75, 3.05) is 18.5 Å². The fourth-order valence-corrected chi connectivity index (χ4v) is 5.95. The fraction of sp³-hybridized carbons (Fsp3) is 0.609. The van der Waals surface area contributed by atoms with Gasteiger partial charge in [0, 0.05) is 0 Å². The van der Waals surface area contributed by atoms with E-state index >= 15 is 0 Å². The predicted molar refractivity (Wildman–Crippen MR) is 117 cm³/mol. The zero-order valence-corrected chi connectivity index (χ0v) is 19.2. The number of hydrogen-bond donors (Lipinski definition) is 2. The third kappa shape index (κ3) is 3.31. The van der Waals surface area contributed by atoms with E-state index < -0.39 is 47.5 Å². The first-order valence-corrected chi connectivity index (χ1v) is 11.5. The molecule has 1 aromatic rings. The number of aryl methyl sites for hydroxylation is 1. The molecule has 0 aromatic heterocycles. The molecule has 4 rings (SSSR count). The van der Waals surface area contributed by atoms with Gasteiger partial charge >= 0.3 is 5.97 Å². The normalized spacial score (nSPS) is 31.5. The predicted octanol–water partition coefficient (Wildman–Crippen LogP) is 2.30. The number of carbonyl (C=O) groups is 3. The van der Waals surface area contributed by atoms with Crippen LogP contribution >= 0.6 is 11.6 Å². The van der Waals surface area contributed by atoms with Crippen LogP contribution in [0, 0.1) is 18.8 Å². The van der Waals surface area contributed by atoms with Gasteiger partial charge in [-0.25, -0.2) is 0 Å². The molecule has 3 aliphatic rings. The van der Waals surface area contributed by atoms with Crippen LogP contribution in [0.4, 0.5) is 5.69 Å². The second-order valence-electron chi connectivity index (χ2n) is 8.72. The van der Waals surface area contributed by atoms with E-state index in [0.717, 1.165) is 5.56 Å². The highest BCUT2D eigenvalue weighted by atomic mass is 35.5. The van der Waals surface area contributed by atoms with Crippen molar-refractivity contribution in [3.05, 3.63) is 28.8 Å². The third-order valence-electron chi connectivity index (χ3n) is 7.09. The van der Waals surface area contributed by atoms with Gasteiger partial charge in [-0.15, -0.1) is 0 Å². The van der Waals surface area contributed by atoms with E-state index in [-0.39, 0.29) is 19.1 Å². The molecule has 2 amide bonds. The van der Waals surface area contributed by atoms with Crippen LogP contribution in [0.1, 0.15) is 38.7 Å². The molecule has 9 heteroatoms. The maximum Gasteiger partial charge on any atom is 0.312 e. The van der Waals surface area contributed by atoms with Gasteiger partial charge in [-0.2, -0.15) is 0 Å². The number of esters is 1. The molecule has 32 heavy (non-hydrogen) atoms. The summed E-state index contributed by atoms with van der Waals surface area (Å²) in [7, 11) is 0. The minimum Gasteiger partial charge on any atom is -0.466 e. The Labute approximate surface area is 192 Å². The molecule has 0 radical (unpaired) electrons. The Bertz CT molecular complexity index is 915. The summed E-state index contributed by atoms with van der Waals surface area (Å²) >= 11 is 6.32. The van der Waals surface area contributed by atoms with E-state index in [1.807, 2.05) is 19.9 Å². The van der Waals surface area contributed by atoms with Gasteiger partial charge in [-0.05, 0) is 44.7 Å². The molecule has 6 atom stereocenters. The largest absolute Gasteiger partial charge is 0.466 e. The first-order valence-electron chi connectivity index (χ1n) is 11.1. The highest BCUT2D eigenvalue weighted by Crippen LogP contribution is 2.59. The summed E-state index contributed by atoms with van der Waals surface area (Å²) in [6, 6.07) is 3.74. The van der Waals surface area contributed by atoms with Crippen LogP contribution in [0.2, 0.25) is 5.02 Å². The van der Waals surface area contributed by atoms with E-state index in [4.69, 9.17) is 21.1 Å².